The van der Waals surface area contributed by atoms with Crippen LogP contribution in [0, 0.1) is 0 Å². The molecule has 0 saturated heterocycles. The molecule has 3 rings (SSSR count). The Morgan fingerprint density at radius 3 is 2.21 bits per heavy atom. The zero-order valence-corrected chi connectivity index (χ0v) is 20.7. The van der Waals surface area contributed by atoms with E-state index < -0.39 is 0 Å². The summed E-state index contributed by atoms with van der Waals surface area (Å²) in [7, 11) is 1.61. The summed E-state index contributed by atoms with van der Waals surface area (Å²) in [6, 6.07) is 22.2. The molecule has 2 amide bonds. The third-order valence-corrected chi connectivity index (χ3v) is 5.90. The van der Waals surface area contributed by atoms with E-state index in [0.717, 1.165) is 16.3 Å². The van der Waals surface area contributed by atoms with E-state index in [1.54, 1.807) is 31.4 Å². The molecule has 0 aliphatic carbocycles. The molecule has 9 heteroatoms. The first kappa shape index (κ1) is 25.1. The van der Waals surface area contributed by atoms with Crippen LogP contribution in [0.2, 0.25) is 0 Å². The van der Waals surface area contributed by atoms with Crippen LogP contribution in [0.5, 0.6) is 5.75 Å². The van der Waals surface area contributed by atoms with Crippen molar-refractivity contribution in [2.45, 2.75) is 24.0 Å². The molecule has 0 heterocycles. The standard InChI is InChI=1S/C25H26N4O3S2/c1-16(24(31)27-19-13-11-18(12-14-19)26-17(2)30)34-21-8-6-7-20(15-21)28-25(33)29-22-9-4-5-10-23(22)32-3/h4-16H,1-3H3,(H,26,30)(H,27,31)(H2,28,29,33). The van der Waals surface area contributed by atoms with Crippen molar-refractivity contribution in [1.29, 1.82) is 0 Å². The third kappa shape index (κ3) is 7.50. The molecule has 3 aromatic carbocycles. The fourth-order valence-corrected chi connectivity index (χ4v) is 4.18. The summed E-state index contributed by atoms with van der Waals surface area (Å²) >= 11 is 6.87. The monoisotopic (exact) mass is 494 g/mol. The van der Waals surface area contributed by atoms with Crippen molar-refractivity contribution in [3.8, 4) is 5.75 Å². The normalized spacial score (nSPS) is 11.1. The Kier molecular flexibility index (Phi) is 8.89. The van der Waals surface area contributed by atoms with E-state index in [4.69, 9.17) is 17.0 Å². The van der Waals surface area contributed by atoms with Crippen molar-refractivity contribution in [2.24, 2.45) is 0 Å². The number of amides is 2. The highest BCUT2D eigenvalue weighted by molar-refractivity contribution is 8.00. The summed E-state index contributed by atoms with van der Waals surface area (Å²) in [6.45, 7) is 3.29. The zero-order valence-electron chi connectivity index (χ0n) is 19.0. The average Bonchev–Trinajstić information content (AvgIpc) is 2.80. The van der Waals surface area contributed by atoms with Gasteiger partial charge >= 0.3 is 0 Å². The number of thioether (sulfide) groups is 1. The number of para-hydroxylation sites is 2. The molecule has 0 spiro atoms. The van der Waals surface area contributed by atoms with E-state index in [9.17, 15) is 9.59 Å². The maximum atomic E-state index is 12.6. The lowest BCUT2D eigenvalue weighted by atomic mass is 10.2. The van der Waals surface area contributed by atoms with Crippen molar-refractivity contribution in [2.75, 3.05) is 28.4 Å². The number of anilines is 4. The SMILES string of the molecule is COc1ccccc1NC(=S)Nc1cccc(SC(C)C(=O)Nc2ccc(NC(C)=O)cc2)c1. The van der Waals surface area contributed by atoms with Crippen molar-refractivity contribution in [1.82, 2.24) is 0 Å². The quantitative estimate of drug-likeness (QED) is 0.240. The fraction of sp³-hybridized carbons (Fsp3) is 0.160. The fourth-order valence-electron chi connectivity index (χ4n) is 3.02. The number of rotatable bonds is 8. The Morgan fingerprint density at radius 2 is 1.53 bits per heavy atom. The largest absolute Gasteiger partial charge is 0.495 e. The molecule has 1 unspecified atom stereocenters. The van der Waals surface area contributed by atoms with Gasteiger partial charge in [0.1, 0.15) is 5.75 Å². The van der Waals surface area contributed by atoms with Crippen LogP contribution >= 0.6 is 24.0 Å². The Labute approximate surface area is 208 Å². The van der Waals surface area contributed by atoms with Crippen molar-refractivity contribution >= 4 is 63.7 Å². The van der Waals surface area contributed by atoms with Crippen LogP contribution in [0.4, 0.5) is 22.7 Å². The zero-order chi connectivity index (χ0) is 24.5. The third-order valence-electron chi connectivity index (χ3n) is 4.60. The highest BCUT2D eigenvalue weighted by Crippen LogP contribution is 2.27. The Hall–Kier alpha value is -3.56. The van der Waals surface area contributed by atoms with Gasteiger partial charge in [0.15, 0.2) is 5.11 Å². The number of benzene rings is 3. The number of carbonyl (C=O) groups excluding carboxylic acids is 2. The molecule has 1 atom stereocenters. The highest BCUT2D eigenvalue weighted by atomic mass is 32.2. The van der Waals surface area contributed by atoms with Gasteiger partial charge in [0, 0.05) is 28.9 Å². The van der Waals surface area contributed by atoms with Gasteiger partial charge in [-0.25, -0.2) is 0 Å². The molecule has 0 saturated carbocycles. The second-order valence-corrected chi connectivity index (χ2v) is 9.14. The molecular formula is C25H26N4O3S2. The molecule has 0 fully saturated rings. The maximum Gasteiger partial charge on any atom is 0.237 e. The van der Waals surface area contributed by atoms with E-state index in [1.807, 2.05) is 55.5 Å². The molecule has 7 nitrogen and oxygen atoms in total. The van der Waals surface area contributed by atoms with Crippen LogP contribution < -0.4 is 26.0 Å². The molecule has 0 radical (unpaired) electrons. The number of nitrogens with one attached hydrogen (secondary N) is 4. The van der Waals surface area contributed by atoms with Gasteiger partial charge in [-0.15, -0.1) is 11.8 Å². The molecule has 0 aliphatic rings. The van der Waals surface area contributed by atoms with E-state index >= 15 is 0 Å². The lowest BCUT2D eigenvalue weighted by molar-refractivity contribution is -0.115. The minimum Gasteiger partial charge on any atom is -0.495 e. The maximum absolute atomic E-state index is 12.6. The predicted molar refractivity (Wildman–Crippen MR) is 144 cm³/mol. The van der Waals surface area contributed by atoms with E-state index in [1.165, 1.54) is 18.7 Å². The molecule has 34 heavy (non-hydrogen) atoms. The smallest absolute Gasteiger partial charge is 0.237 e. The number of ether oxygens (including phenoxy) is 1. The lowest BCUT2D eigenvalue weighted by Crippen LogP contribution is -2.22. The van der Waals surface area contributed by atoms with Gasteiger partial charge < -0.3 is 26.0 Å². The number of hydrogen-bond acceptors (Lipinski definition) is 5. The van der Waals surface area contributed by atoms with Gasteiger partial charge in [-0.05, 0) is 73.7 Å². The number of carbonyl (C=O) groups is 2. The topological polar surface area (TPSA) is 91.5 Å². The summed E-state index contributed by atoms with van der Waals surface area (Å²) in [6.07, 6.45) is 0. The van der Waals surface area contributed by atoms with Crippen LogP contribution in [0.15, 0.2) is 77.7 Å². The van der Waals surface area contributed by atoms with Crippen LogP contribution in [0.1, 0.15) is 13.8 Å². The Balaban J connectivity index is 1.56. The summed E-state index contributed by atoms with van der Waals surface area (Å²) < 4.78 is 5.34. The first-order chi connectivity index (χ1) is 16.3. The second kappa shape index (κ2) is 12.1. The minimum atomic E-state index is -0.330. The Bertz CT molecular complexity index is 1170. The summed E-state index contributed by atoms with van der Waals surface area (Å²) in [4.78, 5) is 24.7. The Morgan fingerprint density at radius 1 is 0.853 bits per heavy atom. The van der Waals surface area contributed by atoms with Gasteiger partial charge in [0.25, 0.3) is 0 Å². The first-order valence-corrected chi connectivity index (χ1v) is 11.8. The van der Waals surface area contributed by atoms with Crippen LogP contribution in [-0.4, -0.2) is 29.3 Å². The van der Waals surface area contributed by atoms with Crippen molar-refractivity contribution < 1.29 is 14.3 Å². The molecule has 0 bridgehead atoms. The van der Waals surface area contributed by atoms with Gasteiger partial charge in [-0.2, -0.15) is 0 Å². The predicted octanol–water partition coefficient (Wildman–Crippen LogP) is 5.58. The first-order valence-electron chi connectivity index (χ1n) is 10.5. The highest BCUT2D eigenvalue weighted by Gasteiger charge is 2.15. The molecule has 176 valence electrons. The van der Waals surface area contributed by atoms with Crippen molar-refractivity contribution in [3.05, 3.63) is 72.8 Å². The van der Waals surface area contributed by atoms with Crippen LogP contribution in [-0.2, 0) is 9.59 Å². The van der Waals surface area contributed by atoms with Crippen LogP contribution in [0.25, 0.3) is 0 Å². The summed E-state index contributed by atoms with van der Waals surface area (Å²) in [5.41, 5.74) is 2.91. The number of thiocarbonyl (C=S) groups is 1. The van der Waals surface area contributed by atoms with Gasteiger partial charge in [-0.1, -0.05) is 18.2 Å². The average molecular weight is 495 g/mol. The minimum absolute atomic E-state index is 0.121. The van der Waals surface area contributed by atoms with Crippen molar-refractivity contribution in [3.63, 3.8) is 0 Å². The molecule has 0 aromatic heterocycles. The van der Waals surface area contributed by atoms with E-state index in [-0.39, 0.29) is 17.1 Å². The van der Waals surface area contributed by atoms with E-state index in [2.05, 4.69) is 21.3 Å². The lowest BCUT2D eigenvalue weighted by Gasteiger charge is -2.15. The summed E-state index contributed by atoms with van der Waals surface area (Å²) in [5.74, 6) is 0.430. The molecule has 0 aliphatic heterocycles. The molecule has 4 N–H and O–H groups in total. The van der Waals surface area contributed by atoms with Crippen LogP contribution in [0.3, 0.4) is 0 Å². The summed E-state index contributed by atoms with van der Waals surface area (Å²) in [5, 5.41) is 12.0. The number of methoxy groups -OCH3 is 1. The van der Waals surface area contributed by atoms with Gasteiger partial charge in [0.05, 0.1) is 18.0 Å². The molecule has 3 aromatic rings. The van der Waals surface area contributed by atoms with E-state index in [0.29, 0.717) is 22.2 Å². The van der Waals surface area contributed by atoms with Gasteiger partial charge in [-0.3, -0.25) is 9.59 Å². The second-order valence-electron chi connectivity index (χ2n) is 7.32. The molecular weight excluding hydrogens is 468 g/mol. The number of hydrogen-bond donors (Lipinski definition) is 4. The van der Waals surface area contributed by atoms with Gasteiger partial charge in [0.2, 0.25) is 11.8 Å².